The number of benzene rings is 1. The molecular weight excluding hydrogens is 280 g/mol. The lowest BCUT2D eigenvalue weighted by Gasteiger charge is -2.16. The first kappa shape index (κ1) is 14.5. The van der Waals surface area contributed by atoms with Crippen LogP contribution in [-0.2, 0) is 21.2 Å². The zero-order valence-electron chi connectivity index (χ0n) is 10.7. The van der Waals surface area contributed by atoms with Gasteiger partial charge in [0.15, 0.2) is 0 Å². The van der Waals surface area contributed by atoms with E-state index < -0.39 is 21.9 Å². The van der Waals surface area contributed by atoms with Gasteiger partial charge in [-0.2, -0.15) is 9.57 Å². The van der Waals surface area contributed by atoms with Gasteiger partial charge in [-0.05, 0) is 24.1 Å². The van der Waals surface area contributed by atoms with Gasteiger partial charge in [-0.3, -0.25) is 4.79 Å². The van der Waals surface area contributed by atoms with Crippen molar-refractivity contribution >= 4 is 16.0 Å². The SMILES string of the molecule is N#CCc1ccc(S(=O)(=O)N2CCC(C(=O)O)C2)cc1. The minimum absolute atomic E-state index is 0.0115. The number of aliphatic carboxylic acids is 1. The van der Waals surface area contributed by atoms with Crippen molar-refractivity contribution in [2.45, 2.75) is 17.7 Å². The molecular formula is C13H14N2O4S. The molecule has 1 aliphatic heterocycles. The summed E-state index contributed by atoms with van der Waals surface area (Å²) in [4.78, 5) is 11.0. The molecule has 0 radical (unpaired) electrons. The summed E-state index contributed by atoms with van der Waals surface area (Å²) < 4.78 is 25.9. The van der Waals surface area contributed by atoms with E-state index >= 15 is 0 Å². The molecule has 7 heteroatoms. The summed E-state index contributed by atoms with van der Waals surface area (Å²) in [6.07, 6.45) is 0.562. The van der Waals surface area contributed by atoms with E-state index in [2.05, 4.69) is 0 Å². The summed E-state index contributed by atoms with van der Waals surface area (Å²) in [5, 5.41) is 17.5. The molecule has 0 bridgehead atoms. The molecule has 0 aromatic heterocycles. The number of rotatable bonds is 4. The van der Waals surface area contributed by atoms with E-state index in [-0.39, 0.29) is 24.4 Å². The van der Waals surface area contributed by atoms with Crippen molar-refractivity contribution in [3.8, 4) is 6.07 Å². The number of hydrogen-bond acceptors (Lipinski definition) is 4. The highest BCUT2D eigenvalue weighted by atomic mass is 32.2. The first-order valence-electron chi connectivity index (χ1n) is 6.14. The van der Waals surface area contributed by atoms with Gasteiger partial charge in [0.05, 0.1) is 23.3 Å². The molecule has 0 amide bonds. The summed E-state index contributed by atoms with van der Waals surface area (Å²) in [5.74, 6) is -1.60. The third-order valence-electron chi connectivity index (χ3n) is 3.34. The molecule has 0 aliphatic carbocycles. The molecule has 1 aromatic carbocycles. The van der Waals surface area contributed by atoms with Gasteiger partial charge in [0.1, 0.15) is 0 Å². The summed E-state index contributed by atoms with van der Waals surface area (Å²) in [6.45, 7) is 0.233. The van der Waals surface area contributed by atoms with Crippen LogP contribution in [0, 0.1) is 17.2 Å². The van der Waals surface area contributed by atoms with Crippen LogP contribution in [0.4, 0.5) is 0 Å². The molecule has 0 saturated carbocycles. The topological polar surface area (TPSA) is 98.5 Å². The Morgan fingerprint density at radius 2 is 2.05 bits per heavy atom. The Hall–Kier alpha value is -1.91. The van der Waals surface area contributed by atoms with E-state index in [0.29, 0.717) is 6.42 Å². The Bertz CT molecular complexity index is 646. The van der Waals surface area contributed by atoms with Gasteiger partial charge in [0.2, 0.25) is 10.0 Å². The monoisotopic (exact) mass is 294 g/mol. The number of hydrogen-bond donors (Lipinski definition) is 1. The minimum Gasteiger partial charge on any atom is -0.481 e. The summed E-state index contributed by atoms with van der Waals surface area (Å²) in [5.41, 5.74) is 0.747. The van der Waals surface area contributed by atoms with Crippen molar-refractivity contribution < 1.29 is 18.3 Å². The van der Waals surface area contributed by atoms with E-state index in [1.54, 1.807) is 12.1 Å². The molecule has 6 nitrogen and oxygen atoms in total. The maximum absolute atomic E-state index is 12.3. The third-order valence-corrected chi connectivity index (χ3v) is 5.22. The number of carbonyl (C=O) groups is 1. The van der Waals surface area contributed by atoms with Crippen LogP contribution in [-0.4, -0.2) is 36.9 Å². The van der Waals surface area contributed by atoms with Gasteiger partial charge in [0.25, 0.3) is 0 Å². The van der Waals surface area contributed by atoms with E-state index in [4.69, 9.17) is 10.4 Å². The molecule has 1 heterocycles. The smallest absolute Gasteiger partial charge is 0.307 e. The number of nitriles is 1. The average Bonchev–Trinajstić information content (AvgIpc) is 2.90. The van der Waals surface area contributed by atoms with Gasteiger partial charge in [-0.15, -0.1) is 0 Å². The summed E-state index contributed by atoms with van der Waals surface area (Å²) in [6, 6.07) is 8.10. The maximum atomic E-state index is 12.3. The van der Waals surface area contributed by atoms with Crippen molar-refractivity contribution in [2.75, 3.05) is 13.1 Å². The molecule has 0 spiro atoms. The van der Waals surface area contributed by atoms with Gasteiger partial charge >= 0.3 is 5.97 Å². The van der Waals surface area contributed by atoms with Crippen LogP contribution in [0.2, 0.25) is 0 Å². The molecule has 1 unspecified atom stereocenters. The highest BCUT2D eigenvalue weighted by Gasteiger charge is 2.35. The largest absolute Gasteiger partial charge is 0.481 e. The molecule has 2 rings (SSSR count). The van der Waals surface area contributed by atoms with Crippen LogP contribution in [0.15, 0.2) is 29.2 Å². The van der Waals surface area contributed by atoms with E-state index in [1.165, 1.54) is 16.4 Å². The van der Waals surface area contributed by atoms with E-state index in [1.807, 2.05) is 6.07 Å². The quantitative estimate of drug-likeness (QED) is 0.887. The molecule has 20 heavy (non-hydrogen) atoms. The second-order valence-corrected chi connectivity index (χ2v) is 6.60. The van der Waals surface area contributed by atoms with Crippen molar-refractivity contribution in [3.63, 3.8) is 0 Å². The summed E-state index contributed by atoms with van der Waals surface area (Å²) in [7, 11) is -3.65. The van der Waals surface area contributed by atoms with Crippen LogP contribution < -0.4 is 0 Å². The molecule has 1 N–H and O–H groups in total. The predicted octanol–water partition coefficient (Wildman–Crippen LogP) is 0.848. The van der Waals surface area contributed by atoms with Crippen LogP contribution in [0.5, 0.6) is 0 Å². The highest BCUT2D eigenvalue weighted by molar-refractivity contribution is 7.89. The molecule has 1 atom stereocenters. The van der Waals surface area contributed by atoms with Crippen LogP contribution in [0.1, 0.15) is 12.0 Å². The van der Waals surface area contributed by atoms with Crippen molar-refractivity contribution in [1.29, 1.82) is 5.26 Å². The second kappa shape index (κ2) is 5.61. The zero-order valence-corrected chi connectivity index (χ0v) is 11.5. The maximum Gasteiger partial charge on any atom is 0.307 e. The molecule has 1 aromatic rings. The Morgan fingerprint density at radius 3 is 2.55 bits per heavy atom. The standard InChI is InChI=1S/C13H14N2O4S/c14-7-5-10-1-3-12(4-2-10)20(18,19)15-8-6-11(9-15)13(16)17/h1-4,11H,5-6,8-9H2,(H,16,17). The lowest BCUT2D eigenvalue weighted by atomic mass is 10.1. The Labute approximate surface area is 117 Å². The van der Waals surface area contributed by atoms with Gasteiger partial charge in [0, 0.05) is 13.1 Å². The number of carboxylic acids is 1. The second-order valence-electron chi connectivity index (χ2n) is 4.67. The van der Waals surface area contributed by atoms with Crippen molar-refractivity contribution in [2.24, 2.45) is 5.92 Å². The Balaban J connectivity index is 2.19. The van der Waals surface area contributed by atoms with Crippen LogP contribution in [0.3, 0.4) is 0 Å². The highest BCUT2D eigenvalue weighted by Crippen LogP contribution is 2.24. The van der Waals surface area contributed by atoms with Crippen molar-refractivity contribution in [1.82, 2.24) is 4.31 Å². The fraction of sp³-hybridized carbons (Fsp3) is 0.385. The lowest BCUT2D eigenvalue weighted by molar-refractivity contribution is -0.141. The lowest BCUT2D eigenvalue weighted by Crippen LogP contribution is -2.30. The van der Waals surface area contributed by atoms with Crippen LogP contribution in [0.25, 0.3) is 0 Å². The van der Waals surface area contributed by atoms with E-state index in [9.17, 15) is 13.2 Å². The molecule has 1 saturated heterocycles. The minimum atomic E-state index is -3.65. The normalized spacial score (nSPS) is 19.6. The van der Waals surface area contributed by atoms with Gasteiger partial charge < -0.3 is 5.11 Å². The Kier molecular flexibility index (Phi) is 4.06. The molecule has 106 valence electrons. The summed E-state index contributed by atoms with van der Waals surface area (Å²) >= 11 is 0. The zero-order chi connectivity index (χ0) is 14.8. The predicted molar refractivity (Wildman–Crippen MR) is 70.3 cm³/mol. The number of sulfonamides is 1. The number of carboxylic acid groups (broad SMARTS) is 1. The van der Waals surface area contributed by atoms with Crippen molar-refractivity contribution in [3.05, 3.63) is 29.8 Å². The molecule has 1 fully saturated rings. The van der Waals surface area contributed by atoms with Gasteiger partial charge in [-0.1, -0.05) is 12.1 Å². The Morgan fingerprint density at radius 1 is 1.40 bits per heavy atom. The fourth-order valence-corrected chi connectivity index (χ4v) is 3.67. The average molecular weight is 294 g/mol. The third kappa shape index (κ3) is 2.81. The fourth-order valence-electron chi connectivity index (χ4n) is 2.17. The van der Waals surface area contributed by atoms with Crippen LogP contribution >= 0.6 is 0 Å². The van der Waals surface area contributed by atoms with E-state index in [0.717, 1.165) is 5.56 Å². The number of nitrogens with zero attached hydrogens (tertiary/aromatic N) is 2. The first-order valence-corrected chi connectivity index (χ1v) is 7.58. The van der Waals surface area contributed by atoms with Gasteiger partial charge in [-0.25, -0.2) is 8.42 Å². The first-order chi connectivity index (χ1) is 9.45. The molecule has 1 aliphatic rings.